The number of amides is 2. The van der Waals surface area contributed by atoms with E-state index < -0.39 is 11.8 Å². The van der Waals surface area contributed by atoms with Crippen LogP contribution in [0.4, 0.5) is 10.2 Å². The summed E-state index contributed by atoms with van der Waals surface area (Å²) in [4.78, 5) is 28.4. The van der Waals surface area contributed by atoms with Gasteiger partial charge in [0.05, 0.1) is 0 Å². The molecule has 0 saturated heterocycles. The Balaban J connectivity index is 1.59. The fourth-order valence-electron chi connectivity index (χ4n) is 2.41. The van der Waals surface area contributed by atoms with Gasteiger partial charge in [-0.15, -0.1) is 0 Å². The standard InChI is InChI=1S/C19H17FN4O3/c1-12-10-17(24-27-12)23-18(25)14-7-8-21-16(11-14)19(26)22-9-6-13-4-2-3-5-15(13)20/h2-5,7-8,10-11H,6,9H2,1H3,(H,22,26)(H,23,24,25). The molecule has 0 unspecified atom stereocenters. The van der Waals surface area contributed by atoms with Crippen molar-refractivity contribution >= 4 is 17.6 Å². The van der Waals surface area contributed by atoms with Gasteiger partial charge in [-0.1, -0.05) is 23.4 Å². The number of benzene rings is 1. The molecular formula is C19H17FN4O3. The first-order valence-electron chi connectivity index (χ1n) is 8.25. The van der Waals surface area contributed by atoms with Crippen molar-refractivity contribution in [2.75, 3.05) is 11.9 Å². The number of aromatic nitrogens is 2. The molecule has 0 aliphatic heterocycles. The van der Waals surface area contributed by atoms with E-state index in [1.165, 1.54) is 24.4 Å². The molecule has 0 spiro atoms. The van der Waals surface area contributed by atoms with Crippen LogP contribution in [-0.2, 0) is 6.42 Å². The molecule has 2 aromatic heterocycles. The Bertz CT molecular complexity index is 971. The third-order valence-corrected chi connectivity index (χ3v) is 3.76. The van der Waals surface area contributed by atoms with Gasteiger partial charge >= 0.3 is 0 Å². The highest BCUT2D eigenvalue weighted by Gasteiger charge is 2.13. The molecule has 2 N–H and O–H groups in total. The predicted octanol–water partition coefficient (Wildman–Crippen LogP) is 2.74. The van der Waals surface area contributed by atoms with E-state index in [1.807, 2.05) is 0 Å². The Morgan fingerprint density at radius 1 is 1.15 bits per heavy atom. The van der Waals surface area contributed by atoms with Crippen molar-refractivity contribution in [3.63, 3.8) is 0 Å². The second-order valence-electron chi connectivity index (χ2n) is 5.80. The third-order valence-electron chi connectivity index (χ3n) is 3.76. The maximum atomic E-state index is 13.6. The summed E-state index contributed by atoms with van der Waals surface area (Å²) in [6.07, 6.45) is 1.72. The summed E-state index contributed by atoms with van der Waals surface area (Å²) < 4.78 is 18.5. The number of anilines is 1. The Morgan fingerprint density at radius 2 is 1.96 bits per heavy atom. The largest absolute Gasteiger partial charge is 0.360 e. The smallest absolute Gasteiger partial charge is 0.269 e. The SMILES string of the molecule is Cc1cc(NC(=O)c2ccnc(C(=O)NCCc3ccccc3F)c2)no1. The molecular weight excluding hydrogens is 351 g/mol. The van der Waals surface area contributed by atoms with Crippen molar-refractivity contribution in [2.45, 2.75) is 13.3 Å². The minimum Gasteiger partial charge on any atom is -0.360 e. The number of nitrogens with zero attached hydrogens (tertiary/aromatic N) is 2. The van der Waals surface area contributed by atoms with Crippen LogP contribution in [0.5, 0.6) is 0 Å². The highest BCUT2D eigenvalue weighted by molar-refractivity contribution is 6.05. The van der Waals surface area contributed by atoms with Gasteiger partial charge in [0, 0.05) is 24.4 Å². The fourth-order valence-corrected chi connectivity index (χ4v) is 2.41. The molecule has 2 amide bonds. The van der Waals surface area contributed by atoms with Crippen molar-refractivity contribution in [3.05, 3.63) is 77.1 Å². The lowest BCUT2D eigenvalue weighted by Crippen LogP contribution is -2.27. The van der Waals surface area contributed by atoms with Gasteiger partial charge in [-0.05, 0) is 37.1 Å². The van der Waals surface area contributed by atoms with Crippen LogP contribution >= 0.6 is 0 Å². The molecule has 138 valence electrons. The number of hydrogen-bond donors (Lipinski definition) is 2. The van der Waals surface area contributed by atoms with Crippen LogP contribution in [-0.4, -0.2) is 28.5 Å². The first-order valence-corrected chi connectivity index (χ1v) is 8.25. The second-order valence-corrected chi connectivity index (χ2v) is 5.80. The van der Waals surface area contributed by atoms with Crippen molar-refractivity contribution in [1.29, 1.82) is 0 Å². The molecule has 0 fully saturated rings. The van der Waals surface area contributed by atoms with E-state index >= 15 is 0 Å². The Hall–Kier alpha value is -3.55. The Morgan fingerprint density at radius 3 is 2.70 bits per heavy atom. The van der Waals surface area contributed by atoms with Crippen LogP contribution in [0.15, 0.2) is 53.2 Å². The third kappa shape index (κ3) is 4.75. The summed E-state index contributed by atoms with van der Waals surface area (Å²) in [6, 6.07) is 10.8. The molecule has 0 aliphatic carbocycles. The predicted molar refractivity (Wildman–Crippen MR) is 95.9 cm³/mol. The molecule has 3 aromatic rings. The summed E-state index contributed by atoms with van der Waals surface area (Å²) >= 11 is 0. The molecule has 7 nitrogen and oxygen atoms in total. The molecule has 8 heteroatoms. The number of carbonyl (C=O) groups is 2. The monoisotopic (exact) mass is 368 g/mol. The molecule has 1 aromatic carbocycles. The summed E-state index contributed by atoms with van der Waals surface area (Å²) in [5.74, 6) is -0.351. The number of aryl methyl sites for hydroxylation is 1. The zero-order valence-electron chi connectivity index (χ0n) is 14.5. The lowest BCUT2D eigenvalue weighted by Gasteiger charge is -2.07. The van der Waals surface area contributed by atoms with Crippen LogP contribution < -0.4 is 10.6 Å². The normalized spacial score (nSPS) is 10.4. The van der Waals surface area contributed by atoms with Crippen molar-refractivity contribution < 1.29 is 18.5 Å². The number of carbonyl (C=O) groups excluding carboxylic acids is 2. The van der Waals surface area contributed by atoms with Crippen LogP contribution in [0.2, 0.25) is 0 Å². The van der Waals surface area contributed by atoms with E-state index in [-0.39, 0.29) is 29.4 Å². The zero-order valence-corrected chi connectivity index (χ0v) is 14.5. The van der Waals surface area contributed by atoms with Crippen LogP contribution in [0.25, 0.3) is 0 Å². The van der Waals surface area contributed by atoms with Crippen molar-refractivity contribution in [2.24, 2.45) is 0 Å². The second kappa shape index (κ2) is 8.22. The van der Waals surface area contributed by atoms with Gasteiger partial charge in [0.2, 0.25) is 0 Å². The van der Waals surface area contributed by atoms with Crippen molar-refractivity contribution in [1.82, 2.24) is 15.5 Å². The number of nitrogens with one attached hydrogen (secondary N) is 2. The lowest BCUT2D eigenvalue weighted by atomic mass is 10.1. The van der Waals surface area contributed by atoms with E-state index in [4.69, 9.17) is 4.52 Å². The van der Waals surface area contributed by atoms with Gasteiger partial charge in [0.1, 0.15) is 17.3 Å². The summed E-state index contributed by atoms with van der Waals surface area (Å²) in [5.41, 5.74) is 0.860. The number of pyridine rings is 1. The average molecular weight is 368 g/mol. The van der Waals surface area contributed by atoms with Crippen LogP contribution in [0.3, 0.4) is 0 Å². The first kappa shape index (κ1) is 18.2. The van der Waals surface area contributed by atoms with Crippen molar-refractivity contribution in [3.8, 4) is 0 Å². The lowest BCUT2D eigenvalue weighted by molar-refractivity contribution is 0.0949. The molecule has 0 bridgehead atoms. The maximum absolute atomic E-state index is 13.6. The Kier molecular flexibility index (Phi) is 5.55. The van der Waals surface area contributed by atoms with E-state index in [0.717, 1.165) is 0 Å². The maximum Gasteiger partial charge on any atom is 0.269 e. The number of halogens is 1. The topological polar surface area (TPSA) is 97.1 Å². The van der Waals surface area contributed by atoms with E-state index in [2.05, 4.69) is 20.8 Å². The molecule has 0 atom stereocenters. The van der Waals surface area contributed by atoms with Gasteiger partial charge in [0.25, 0.3) is 11.8 Å². The highest BCUT2D eigenvalue weighted by Crippen LogP contribution is 2.10. The minimum atomic E-state index is -0.446. The van der Waals surface area contributed by atoms with E-state index in [1.54, 1.807) is 31.2 Å². The minimum absolute atomic E-state index is 0.0903. The van der Waals surface area contributed by atoms with Gasteiger partial charge in [-0.2, -0.15) is 0 Å². The van der Waals surface area contributed by atoms with Gasteiger partial charge < -0.3 is 15.2 Å². The molecule has 0 aliphatic rings. The number of rotatable bonds is 6. The average Bonchev–Trinajstić information content (AvgIpc) is 3.08. The quantitative estimate of drug-likeness (QED) is 0.697. The van der Waals surface area contributed by atoms with Gasteiger partial charge in [0.15, 0.2) is 5.82 Å². The number of hydrogen-bond acceptors (Lipinski definition) is 5. The summed E-state index contributed by atoms with van der Waals surface area (Å²) in [5, 5.41) is 8.92. The highest BCUT2D eigenvalue weighted by atomic mass is 19.1. The summed E-state index contributed by atoms with van der Waals surface area (Å²) in [7, 11) is 0. The molecule has 0 saturated carbocycles. The summed E-state index contributed by atoms with van der Waals surface area (Å²) in [6.45, 7) is 1.95. The Labute approximate surface area is 154 Å². The van der Waals surface area contributed by atoms with E-state index in [9.17, 15) is 14.0 Å². The fraction of sp³-hybridized carbons (Fsp3) is 0.158. The molecule has 27 heavy (non-hydrogen) atoms. The van der Waals surface area contributed by atoms with Crippen LogP contribution in [0, 0.1) is 12.7 Å². The molecule has 2 heterocycles. The molecule has 3 rings (SSSR count). The first-order chi connectivity index (χ1) is 13.0. The van der Waals surface area contributed by atoms with E-state index in [0.29, 0.717) is 17.7 Å². The van der Waals surface area contributed by atoms with Gasteiger partial charge in [-0.3, -0.25) is 14.6 Å². The van der Waals surface area contributed by atoms with Crippen LogP contribution in [0.1, 0.15) is 32.2 Å². The zero-order chi connectivity index (χ0) is 19.2. The van der Waals surface area contributed by atoms with Gasteiger partial charge in [-0.25, -0.2) is 4.39 Å². The molecule has 0 radical (unpaired) electrons.